The van der Waals surface area contributed by atoms with Crippen LogP contribution in [0.2, 0.25) is 0 Å². The van der Waals surface area contributed by atoms with Gasteiger partial charge in [0.25, 0.3) is 0 Å². The largest absolute Gasteiger partial charge is 0.489 e. The van der Waals surface area contributed by atoms with Gasteiger partial charge in [-0.05, 0) is 54.2 Å². The number of hydrogen-bond acceptors (Lipinski definition) is 4. The van der Waals surface area contributed by atoms with Crippen LogP contribution in [0, 0.1) is 12.3 Å². The van der Waals surface area contributed by atoms with E-state index >= 15 is 0 Å². The minimum Gasteiger partial charge on any atom is -0.489 e. The minimum atomic E-state index is -0.171. The number of fused-ring (bicyclic) bond motifs is 1. The van der Waals surface area contributed by atoms with Gasteiger partial charge in [0, 0.05) is 29.2 Å². The summed E-state index contributed by atoms with van der Waals surface area (Å²) in [5.41, 5.74) is 6.98. The van der Waals surface area contributed by atoms with E-state index < -0.39 is 0 Å². The van der Waals surface area contributed by atoms with Crippen LogP contribution in [0.3, 0.4) is 0 Å². The maximum Gasteiger partial charge on any atom is 0.162 e. The maximum absolute atomic E-state index is 13.6. The van der Waals surface area contributed by atoms with Crippen molar-refractivity contribution in [3.05, 3.63) is 119 Å². The molecular formula is C32H31N3O2. The third-order valence-corrected chi connectivity index (χ3v) is 7.34. The molecule has 0 saturated heterocycles. The van der Waals surface area contributed by atoms with Crippen molar-refractivity contribution in [3.8, 4) is 11.4 Å². The number of benzene rings is 3. The molecule has 1 aliphatic carbocycles. The standard InChI is InChI=1S/C32H31N3O2/c1-21-28-29(23-14-16-25(17-15-23)37-20-22-10-6-4-7-11-22)30-26(18-32(2,3)19-27(30)36)33-31(28)35(34-21)24-12-8-5-9-13-24/h4-17,29,33H,18-20H2,1-3H3/t29-/m1/s1. The topological polar surface area (TPSA) is 56.2 Å². The Morgan fingerprint density at radius 1 is 0.946 bits per heavy atom. The van der Waals surface area contributed by atoms with Gasteiger partial charge in [0.15, 0.2) is 5.78 Å². The van der Waals surface area contributed by atoms with Gasteiger partial charge in [-0.3, -0.25) is 4.79 Å². The molecule has 0 amide bonds. The van der Waals surface area contributed by atoms with Crippen molar-refractivity contribution in [2.75, 3.05) is 5.32 Å². The molecule has 0 radical (unpaired) electrons. The Morgan fingerprint density at radius 3 is 2.32 bits per heavy atom. The number of ether oxygens (including phenoxy) is 1. The summed E-state index contributed by atoms with van der Waals surface area (Å²) in [6, 6.07) is 28.5. The molecule has 2 aliphatic rings. The summed E-state index contributed by atoms with van der Waals surface area (Å²) in [4.78, 5) is 13.6. The first-order chi connectivity index (χ1) is 17.9. The van der Waals surface area contributed by atoms with Gasteiger partial charge >= 0.3 is 0 Å². The lowest BCUT2D eigenvalue weighted by atomic mass is 9.69. The minimum absolute atomic E-state index is 0.0905. The fraction of sp³-hybridized carbons (Fsp3) is 0.250. The van der Waals surface area contributed by atoms with Crippen molar-refractivity contribution >= 4 is 11.6 Å². The molecule has 1 atom stereocenters. The first-order valence-corrected chi connectivity index (χ1v) is 12.8. The van der Waals surface area contributed by atoms with Crippen LogP contribution in [-0.4, -0.2) is 15.6 Å². The Kier molecular flexibility index (Phi) is 5.71. The Bertz CT molecular complexity index is 1480. The van der Waals surface area contributed by atoms with Gasteiger partial charge in [0.1, 0.15) is 18.2 Å². The van der Waals surface area contributed by atoms with E-state index in [0.29, 0.717) is 13.0 Å². The normalized spacial score (nSPS) is 18.1. The molecule has 0 saturated carbocycles. The van der Waals surface area contributed by atoms with Gasteiger partial charge in [-0.25, -0.2) is 4.68 Å². The average Bonchev–Trinajstić information content (AvgIpc) is 3.23. The number of carbonyl (C=O) groups is 1. The van der Waals surface area contributed by atoms with Gasteiger partial charge in [-0.1, -0.05) is 74.5 Å². The predicted molar refractivity (Wildman–Crippen MR) is 146 cm³/mol. The zero-order valence-electron chi connectivity index (χ0n) is 21.5. The Balaban J connectivity index is 1.41. The van der Waals surface area contributed by atoms with Crippen LogP contribution in [0.15, 0.2) is 96.2 Å². The second-order valence-electron chi connectivity index (χ2n) is 10.8. The highest BCUT2D eigenvalue weighted by molar-refractivity contribution is 6.01. The van der Waals surface area contributed by atoms with Crippen molar-refractivity contribution in [1.29, 1.82) is 0 Å². The predicted octanol–water partition coefficient (Wildman–Crippen LogP) is 6.96. The smallest absolute Gasteiger partial charge is 0.162 e. The van der Waals surface area contributed by atoms with Crippen LogP contribution in [0.1, 0.15) is 55.0 Å². The van der Waals surface area contributed by atoms with E-state index in [0.717, 1.165) is 57.3 Å². The molecule has 5 heteroatoms. The first kappa shape index (κ1) is 23.3. The van der Waals surface area contributed by atoms with Crippen LogP contribution >= 0.6 is 0 Å². The number of carbonyl (C=O) groups excluding carboxylic acids is 1. The van der Waals surface area contributed by atoms with Crippen molar-refractivity contribution in [3.63, 3.8) is 0 Å². The zero-order valence-corrected chi connectivity index (χ0v) is 21.5. The van der Waals surface area contributed by atoms with E-state index in [-0.39, 0.29) is 17.1 Å². The maximum atomic E-state index is 13.6. The van der Waals surface area contributed by atoms with E-state index in [9.17, 15) is 4.79 Å². The average molecular weight is 490 g/mol. The molecule has 1 aliphatic heterocycles. The summed E-state index contributed by atoms with van der Waals surface area (Å²) in [5.74, 6) is 1.80. The lowest BCUT2D eigenvalue weighted by Crippen LogP contribution is -2.34. The van der Waals surface area contributed by atoms with Crippen LogP contribution in [0.25, 0.3) is 5.69 Å². The number of para-hydroxylation sites is 1. The van der Waals surface area contributed by atoms with Gasteiger partial charge in [-0.2, -0.15) is 5.10 Å². The third-order valence-electron chi connectivity index (χ3n) is 7.34. The number of aromatic nitrogens is 2. The molecular weight excluding hydrogens is 458 g/mol. The molecule has 5 nitrogen and oxygen atoms in total. The fourth-order valence-electron chi connectivity index (χ4n) is 5.66. The number of Topliss-reactive ketones (excluding diaryl/α,β-unsaturated/α-hetero) is 1. The quantitative estimate of drug-likeness (QED) is 0.329. The third kappa shape index (κ3) is 4.35. The van der Waals surface area contributed by atoms with Crippen molar-refractivity contribution in [2.24, 2.45) is 5.41 Å². The fourth-order valence-corrected chi connectivity index (χ4v) is 5.66. The number of nitrogens with zero attached hydrogens (tertiary/aromatic N) is 2. The second-order valence-corrected chi connectivity index (χ2v) is 10.8. The lowest BCUT2D eigenvalue weighted by molar-refractivity contribution is -0.118. The summed E-state index contributed by atoms with van der Waals surface area (Å²) in [6.45, 7) is 6.88. The number of aryl methyl sites for hydroxylation is 1. The molecule has 0 fully saturated rings. The van der Waals surface area contributed by atoms with Crippen LogP contribution < -0.4 is 10.1 Å². The van der Waals surface area contributed by atoms with E-state index in [1.54, 1.807) is 0 Å². The van der Waals surface area contributed by atoms with E-state index in [2.05, 4.69) is 55.6 Å². The van der Waals surface area contributed by atoms with Gasteiger partial charge in [-0.15, -0.1) is 0 Å². The number of hydrogen-bond donors (Lipinski definition) is 1. The molecule has 1 aromatic heterocycles. The van der Waals surface area contributed by atoms with Gasteiger partial charge in [0.05, 0.1) is 11.4 Å². The summed E-state index contributed by atoms with van der Waals surface area (Å²) in [6.07, 6.45) is 1.37. The highest BCUT2D eigenvalue weighted by Gasteiger charge is 2.43. The van der Waals surface area contributed by atoms with Crippen LogP contribution in [0.4, 0.5) is 5.82 Å². The second kappa shape index (κ2) is 9.07. The molecule has 37 heavy (non-hydrogen) atoms. The molecule has 3 aromatic carbocycles. The first-order valence-electron chi connectivity index (χ1n) is 12.8. The Hall–Kier alpha value is -4.12. The number of ketones is 1. The summed E-state index contributed by atoms with van der Waals surface area (Å²) < 4.78 is 8.01. The number of anilines is 1. The highest BCUT2D eigenvalue weighted by atomic mass is 16.5. The molecule has 2 heterocycles. The van der Waals surface area contributed by atoms with Crippen LogP contribution in [-0.2, 0) is 11.4 Å². The summed E-state index contributed by atoms with van der Waals surface area (Å²) in [5, 5.41) is 8.59. The SMILES string of the molecule is Cc1nn(-c2ccccc2)c2c1[C@@H](c1ccc(OCc3ccccc3)cc1)C1=C(CC(C)(C)CC1=O)N2. The number of nitrogens with one attached hydrogen (secondary N) is 1. The molecule has 0 spiro atoms. The van der Waals surface area contributed by atoms with E-state index in [4.69, 9.17) is 9.84 Å². The van der Waals surface area contributed by atoms with Crippen molar-refractivity contribution < 1.29 is 9.53 Å². The number of rotatable bonds is 5. The van der Waals surface area contributed by atoms with Gasteiger partial charge < -0.3 is 10.1 Å². The number of allylic oxidation sites excluding steroid dienone is 2. The Labute approximate surface area is 217 Å². The van der Waals surface area contributed by atoms with Gasteiger partial charge in [0.2, 0.25) is 0 Å². The van der Waals surface area contributed by atoms with Crippen LogP contribution in [0.5, 0.6) is 5.75 Å². The summed E-state index contributed by atoms with van der Waals surface area (Å²) >= 11 is 0. The van der Waals surface area contributed by atoms with Crippen molar-refractivity contribution in [1.82, 2.24) is 9.78 Å². The highest BCUT2D eigenvalue weighted by Crippen LogP contribution is 2.50. The molecule has 0 bridgehead atoms. The molecule has 6 rings (SSSR count). The lowest BCUT2D eigenvalue weighted by Gasteiger charge is -2.38. The Morgan fingerprint density at radius 2 is 1.62 bits per heavy atom. The zero-order chi connectivity index (χ0) is 25.6. The van der Waals surface area contributed by atoms with E-state index in [1.807, 2.05) is 60.1 Å². The molecule has 186 valence electrons. The van der Waals surface area contributed by atoms with E-state index in [1.165, 1.54) is 0 Å². The molecule has 1 N–H and O–H groups in total. The molecule has 4 aromatic rings. The summed E-state index contributed by atoms with van der Waals surface area (Å²) in [7, 11) is 0. The van der Waals surface area contributed by atoms with Crippen molar-refractivity contribution in [2.45, 2.75) is 46.1 Å². The molecule has 0 unspecified atom stereocenters. The monoisotopic (exact) mass is 489 g/mol.